The number of aryl methyl sites for hydroxylation is 1. The summed E-state index contributed by atoms with van der Waals surface area (Å²) < 4.78 is 2.11. The monoisotopic (exact) mass is 339 g/mol. The van der Waals surface area contributed by atoms with Crippen LogP contribution in [0, 0.1) is 5.92 Å². The maximum absolute atomic E-state index is 12.5. The summed E-state index contributed by atoms with van der Waals surface area (Å²) in [4.78, 5) is 15.2. The summed E-state index contributed by atoms with van der Waals surface area (Å²) >= 11 is 0. The zero-order valence-electron chi connectivity index (χ0n) is 15.2. The average Bonchev–Trinajstić information content (AvgIpc) is 2.96. The second-order valence-corrected chi connectivity index (χ2v) is 7.76. The van der Waals surface area contributed by atoms with Gasteiger partial charge in [0.15, 0.2) is 0 Å². The first kappa shape index (κ1) is 16.6. The third-order valence-electron chi connectivity index (χ3n) is 6.12. The van der Waals surface area contributed by atoms with Gasteiger partial charge < -0.3 is 14.8 Å². The van der Waals surface area contributed by atoms with Crippen molar-refractivity contribution in [3.05, 3.63) is 36.0 Å². The fourth-order valence-corrected chi connectivity index (χ4v) is 4.86. The summed E-state index contributed by atoms with van der Waals surface area (Å²) in [5.74, 6) is 0.787. The lowest BCUT2D eigenvalue weighted by Gasteiger charge is -2.44. The van der Waals surface area contributed by atoms with Gasteiger partial charge in [0, 0.05) is 36.7 Å². The zero-order chi connectivity index (χ0) is 17.2. The summed E-state index contributed by atoms with van der Waals surface area (Å²) in [5, 5.41) is 4.42. The fourth-order valence-electron chi connectivity index (χ4n) is 4.86. The van der Waals surface area contributed by atoms with Crippen LogP contribution in [-0.4, -0.2) is 41.1 Å². The quantitative estimate of drug-likeness (QED) is 0.929. The molecule has 0 bridgehead atoms. The van der Waals surface area contributed by atoms with E-state index in [1.54, 1.807) is 0 Å². The summed E-state index contributed by atoms with van der Waals surface area (Å²) in [6.07, 6.45) is 9.11. The zero-order valence-corrected chi connectivity index (χ0v) is 15.2. The number of fused-ring (bicyclic) bond motifs is 2. The molecule has 0 saturated carbocycles. The number of piperidine rings is 2. The molecule has 3 heterocycles. The van der Waals surface area contributed by atoms with Gasteiger partial charge in [0.25, 0.3) is 0 Å². The maximum atomic E-state index is 12.5. The highest BCUT2D eigenvalue weighted by Gasteiger charge is 2.32. The number of hydrogen-bond acceptors (Lipinski definition) is 2. The van der Waals surface area contributed by atoms with E-state index in [4.69, 9.17) is 0 Å². The topological polar surface area (TPSA) is 37.3 Å². The molecule has 2 aliphatic heterocycles. The van der Waals surface area contributed by atoms with E-state index in [2.05, 4.69) is 33.1 Å². The van der Waals surface area contributed by atoms with Crippen molar-refractivity contribution in [1.29, 1.82) is 0 Å². The van der Waals surface area contributed by atoms with Gasteiger partial charge in [-0.2, -0.15) is 0 Å². The molecule has 25 heavy (non-hydrogen) atoms. The van der Waals surface area contributed by atoms with Crippen LogP contribution < -0.4 is 5.32 Å². The van der Waals surface area contributed by atoms with Crippen molar-refractivity contribution in [2.75, 3.05) is 19.6 Å². The molecule has 4 heteroatoms. The third-order valence-corrected chi connectivity index (χ3v) is 6.12. The molecule has 134 valence electrons. The molecule has 4 nitrogen and oxygen atoms in total. The minimum atomic E-state index is 0.157. The number of nitrogens with zero attached hydrogens (tertiary/aromatic N) is 2. The van der Waals surface area contributed by atoms with Crippen molar-refractivity contribution in [2.24, 2.45) is 13.0 Å². The largest absolute Gasteiger partial charge is 0.355 e. The van der Waals surface area contributed by atoms with Crippen LogP contribution in [0.15, 0.2) is 30.5 Å². The molecule has 1 N–H and O–H groups in total. The van der Waals surface area contributed by atoms with Crippen LogP contribution in [-0.2, 0) is 18.3 Å². The van der Waals surface area contributed by atoms with Gasteiger partial charge in [-0.3, -0.25) is 4.79 Å². The molecule has 4 rings (SSSR count). The van der Waals surface area contributed by atoms with Gasteiger partial charge in [-0.15, -0.1) is 0 Å². The number of carbonyl (C=O) groups is 1. The van der Waals surface area contributed by atoms with Crippen LogP contribution in [0.5, 0.6) is 0 Å². The molecule has 0 radical (unpaired) electrons. The third kappa shape index (κ3) is 3.45. The van der Waals surface area contributed by atoms with Crippen LogP contribution >= 0.6 is 0 Å². The van der Waals surface area contributed by atoms with Gasteiger partial charge in [0.2, 0.25) is 5.91 Å². The molecule has 1 aromatic heterocycles. The van der Waals surface area contributed by atoms with Crippen molar-refractivity contribution in [3.8, 4) is 0 Å². The molecule has 1 amide bonds. The molecule has 2 saturated heterocycles. The Hall–Kier alpha value is -1.81. The number of rotatable bonds is 4. The highest BCUT2D eigenvalue weighted by atomic mass is 16.1. The predicted octanol–water partition coefficient (Wildman–Crippen LogP) is 3.10. The van der Waals surface area contributed by atoms with Crippen LogP contribution in [0.4, 0.5) is 0 Å². The Morgan fingerprint density at radius 3 is 2.92 bits per heavy atom. The number of aromatic nitrogens is 1. The number of amides is 1. The first-order chi connectivity index (χ1) is 12.2. The van der Waals surface area contributed by atoms with E-state index < -0.39 is 0 Å². The van der Waals surface area contributed by atoms with E-state index in [9.17, 15) is 4.79 Å². The minimum absolute atomic E-state index is 0.157. The summed E-state index contributed by atoms with van der Waals surface area (Å²) in [7, 11) is 2.05. The van der Waals surface area contributed by atoms with Gasteiger partial charge >= 0.3 is 0 Å². The Kier molecular flexibility index (Phi) is 4.80. The van der Waals surface area contributed by atoms with Crippen LogP contribution in [0.25, 0.3) is 10.9 Å². The van der Waals surface area contributed by atoms with Crippen molar-refractivity contribution >= 4 is 16.8 Å². The number of carbonyl (C=O) groups excluding carboxylic acids is 1. The lowest BCUT2D eigenvalue weighted by atomic mass is 9.83. The van der Waals surface area contributed by atoms with E-state index in [0.29, 0.717) is 18.4 Å². The summed E-state index contributed by atoms with van der Waals surface area (Å²) in [5.41, 5.74) is 2.31. The number of para-hydroxylation sites is 1. The molecular weight excluding hydrogens is 310 g/mol. The minimum Gasteiger partial charge on any atom is -0.355 e. The van der Waals surface area contributed by atoms with E-state index in [0.717, 1.165) is 12.1 Å². The smallest absolute Gasteiger partial charge is 0.224 e. The Morgan fingerprint density at radius 1 is 1.16 bits per heavy atom. The lowest BCUT2D eigenvalue weighted by Crippen LogP contribution is -2.51. The average molecular weight is 339 g/mol. The first-order valence-electron chi connectivity index (χ1n) is 9.76. The van der Waals surface area contributed by atoms with Crippen molar-refractivity contribution in [3.63, 3.8) is 0 Å². The van der Waals surface area contributed by atoms with Crippen molar-refractivity contribution in [2.45, 2.75) is 44.6 Å². The SMILES string of the molecule is Cn1cc(CC(=O)NCC2CCCN3CCCCC23)c2ccccc21. The normalized spacial score (nSPS) is 24.2. The Labute approximate surface area is 150 Å². The maximum Gasteiger partial charge on any atom is 0.224 e. The van der Waals surface area contributed by atoms with Crippen LogP contribution in [0.2, 0.25) is 0 Å². The Balaban J connectivity index is 1.37. The Bertz CT molecular complexity index is 749. The van der Waals surface area contributed by atoms with E-state index in [1.807, 2.05) is 19.2 Å². The second kappa shape index (κ2) is 7.20. The molecule has 0 aliphatic carbocycles. The van der Waals surface area contributed by atoms with Crippen LogP contribution in [0.1, 0.15) is 37.7 Å². The molecule has 2 aliphatic rings. The van der Waals surface area contributed by atoms with Crippen LogP contribution in [0.3, 0.4) is 0 Å². The predicted molar refractivity (Wildman–Crippen MR) is 102 cm³/mol. The van der Waals surface area contributed by atoms with Gasteiger partial charge in [-0.05, 0) is 56.3 Å². The molecule has 0 spiro atoms. The van der Waals surface area contributed by atoms with Gasteiger partial charge in [-0.25, -0.2) is 0 Å². The van der Waals surface area contributed by atoms with Crippen molar-refractivity contribution in [1.82, 2.24) is 14.8 Å². The standard InChI is InChI=1S/C21H29N3O/c1-23-15-17(18-8-2-3-10-20(18)23)13-21(25)22-14-16-7-6-12-24-11-5-4-9-19(16)24/h2-3,8,10,15-16,19H,4-7,9,11-14H2,1H3,(H,22,25). The second-order valence-electron chi connectivity index (χ2n) is 7.76. The number of hydrogen-bond donors (Lipinski definition) is 1. The highest BCUT2D eigenvalue weighted by Crippen LogP contribution is 2.30. The number of benzene rings is 1. The van der Waals surface area contributed by atoms with Gasteiger partial charge in [-0.1, -0.05) is 24.6 Å². The molecule has 2 aromatic rings. The van der Waals surface area contributed by atoms with Gasteiger partial charge in [0.1, 0.15) is 0 Å². The lowest BCUT2D eigenvalue weighted by molar-refractivity contribution is -0.120. The molecule has 1 aromatic carbocycles. The molecule has 2 unspecified atom stereocenters. The first-order valence-corrected chi connectivity index (χ1v) is 9.76. The van der Waals surface area contributed by atoms with Gasteiger partial charge in [0.05, 0.1) is 6.42 Å². The van der Waals surface area contributed by atoms with E-state index in [-0.39, 0.29) is 5.91 Å². The summed E-state index contributed by atoms with van der Waals surface area (Å²) in [6, 6.07) is 9.00. The van der Waals surface area contributed by atoms with E-state index in [1.165, 1.54) is 56.1 Å². The molecular formula is C21H29N3O. The molecule has 2 atom stereocenters. The molecule has 2 fully saturated rings. The van der Waals surface area contributed by atoms with Crippen molar-refractivity contribution < 1.29 is 4.79 Å². The summed E-state index contributed by atoms with van der Waals surface area (Å²) in [6.45, 7) is 3.35. The highest BCUT2D eigenvalue weighted by molar-refractivity contribution is 5.89. The Morgan fingerprint density at radius 2 is 2.00 bits per heavy atom. The fraction of sp³-hybridized carbons (Fsp3) is 0.571. The van der Waals surface area contributed by atoms with E-state index >= 15 is 0 Å². The number of nitrogens with one attached hydrogen (secondary N) is 1.